The van der Waals surface area contributed by atoms with E-state index in [9.17, 15) is 13.8 Å². The van der Waals surface area contributed by atoms with Gasteiger partial charge in [-0.1, -0.05) is 31.2 Å². The number of carbonyl (C=O) groups excluding carboxylic acids is 2. The Morgan fingerprint density at radius 1 is 1.03 bits per heavy atom. The van der Waals surface area contributed by atoms with Gasteiger partial charge in [-0.05, 0) is 50.7 Å². The van der Waals surface area contributed by atoms with Crippen LogP contribution >= 0.6 is 0 Å². The standard InChI is InChI=1S/C26H35N3O4S/c1-2-6-25(30)29-15-5-7-20(12-16-29)28-34(32)24-11-10-23(21-8-3-4-9-22(21)24)27-26(31)19-13-17-33-18-14-19/h3-4,8-11,19-20,28H,2,5-7,12-18H2,1H3,(H,27,31). The number of carbonyl (C=O) groups is 2. The minimum atomic E-state index is -1.40. The van der Waals surface area contributed by atoms with Crippen LogP contribution in [0, 0.1) is 5.92 Å². The van der Waals surface area contributed by atoms with Crippen molar-refractivity contribution < 1.29 is 18.5 Å². The third kappa shape index (κ3) is 6.03. The summed E-state index contributed by atoms with van der Waals surface area (Å²) in [5.41, 5.74) is 0.743. The zero-order valence-electron chi connectivity index (χ0n) is 19.9. The monoisotopic (exact) mass is 485 g/mol. The SMILES string of the molecule is CCCC(=O)N1CCCC(NS(=O)c2ccc(NC(=O)C3CCOCC3)c3ccccc23)CC1. The normalized spacial score (nSPS) is 20.6. The molecule has 0 spiro atoms. The number of nitrogens with zero attached hydrogens (tertiary/aromatic N) is 1. The summed E-state index contributed by atoms with van der Waals surface area (Å²) in [5.74, 6) is 0.191. The van der Waals surface area contributed by atoms with Crippen molar-refractivity contribution >= 4 is 39.3 Å². The highest BCUT2D eigenvalue weighted by Crippen LogP contribution is 2.30. The fourth-order valence-electron chi connectivity index (χ4n) is 4.79. The lowest BCUT2D eigenvalue weighted by molar-refractivity contribution is -0.131. The van der Waals surface area contributed by atoms with Crippen molar-refractivity contribution in [3.8, 4) is 0 Å². The van der Waals surface area contributed by atoms with E-state index >= 15 is 0 Å². The molecule has 2 saturated heterocycles. The second-order valence-electron chi connectivity index (χ2n) is 9.18. The Labute approximate surface area is 204 Å². The van der Waals surface area contributed by atoms with Gasteiger partial charge in [-0.15, -0.1) is 0 Å². The topological polar surface area (TPSA) is 87.7 Å². The summed E-state index contributed by atoms with van der Waals surface area (Å²) in [6.45, 7) is 4.73. The number of nitrogens with one attached hydrogen (secondary N) is 2. The minimum absolute atomic E-state index is 0.0149. The maximum absolute atomic E-state index is 13.4. The average Bonchev–Trinajstić information content (AvgIpc) is 3.10. The number of hydrogen-bond donors (Lipinski definition) is 2. The number of anilines is 1. The Morgan fingerprint density at radius 3 is 2.56 bits per heavy atom. The molecule has 0 bridgehead atoms. The van der Waals surface area contributed by atoms with Crippen molar-refractivity contribution in [3.05, 3.63) is 36.4 Å². The van der Waals surface area contributed by atoms with Gasteiger partial charge >= 0.3 is 0 Å². The zero-order valence-corrected chi connectivity index (χ0v) is 20.7. The molecular formula is C26H35N3O4S. The number of likely N-dealkylation sites (tertiary alicyclic amines) is 1. The summed E-state index contributed by atoms with van der Waals surface area (Å²) < 4.78 is 22.0. The summed E-state index contributed by atoms with van der Waals surface area (Å²) in [4.78, 5) is 27.7. The van der Waals surface area contributed by atoms with Gasteiger partial charge in [-0.25, -0.2) is 8.93 Å². The first-order chi connectivity index (χ1) is 16.6. The maximum Gasteiger partial charge on any atom is 0.227 e. The third-order valence-corrected chi connectivity index (χ3v) is 8.06. The molecule has 2 aromatic carbocycles. The van der Waals surface area contributed by atoms with E-state index in [-0.39, 0.29) is 23.8 Å². The molecule has 2 fully saturated rings. The van der Waals surface area contributed by atoms with Crippen LogP contribution in [0.1, 0.15) is 51.9 Å². The molecule has 0 saturated carbocycles. The average molecular weight is 486 g/mol. The molecule has 2 amide bonds. The second-order valence-corrected chi connectivity index (χ2v) is 10.4. The number of amides is 2. The van der Waals surface area contributed by atoms with Crippen molar-refractivity contribution in [1.82, 2.24) is 9.62 Å². The summed E-state index contributed by atoms with van der Waals surface area (Å²) in [5, 5.41) is 4.83. The number of hydrogen-bond acceptors (Lipinski definition) is 4. The first-order valence-corrected chi connectivity index (χ1v) is 13.6. The van der Waals surface area contributed by atoms with Crippen molar-refractivity contribution in [2.24, 2.45) is 5.92 Å². The molecule has 2 heterocycles. The van der Waals surface area contributed by atoms with E-state index < -0.39 is 11.0 Å². The quantitative estimate of drug-likeness (QED) is 0.621. The molecule has 2 atom stereocenters. The van der Waals surface area contributed by atoms with Gasteiger partial charge in [-0.2, -0.15) is 0 Å². The molecule has 2 aromatic rings. The number of benzene rings is 2. The highest BCUT2D eigenvalue weighted by Gasteiger charge is 2.24. The first-order valence-electron chi connectivity index (χ1n) is 12.4. The van der Waals surface area contributed by atoms with Crippen LogP contribution < -0.4 is 10.0 Å². The second kappa shape index (κ2) is 11.9. The predicted molar refractivity (Wildman–Crippen MR) is 135 cm³/mol. The van der Waals surface area contributed by atoms with Gasteiger partial charge in [0.25, 0.3) is 0 Å². The van der Waals surface area contributed by atoms with Gasteiger partial charge in [0, 0.05) is 61.1 Å². The van der Waals surface area contributed by atoms with Gasteiger partial charge in [-0.3, -0.25) is 9.59 Å². The Balaban J connectivity index is 1.45. The minimum Gasteiger partial charge on any atom is -0.381 e. The Kier molecular flexibility index (Phi) is 8.69. The summed E-state index contributed by atoms with van der Waals surface area (Å²) in [7, 11) is -1.40. The van der Waals surface area contributed by atoms with E-state index in [2.05, 4.69) is 10.0 Å². The van der Waals surface area contributed by atoms with Crippen LogP contribution in [-0.2, 0) is 25.3 Å². The molecule has 7 nitrogen and oxygen atoms in total. The molecule has 0 aliphatic carbocycles. The molecule has 8 heteroatoms. The predicted octanol–water partition coefficient (Wildman–Crippen LogP) is 4.00. The van der Waals surface area contributed by atoms with E-state index in [1.165, 1.54) is 0 Å². The van der Waals surface area contributed by atoms with Gasteiger partial charge in [0.1, 0.15) is 11.0 Å². The van der Waals surface area contributed by atoms with Crippen molar-refractivity contribution in [3.63, 3.8) is 0 Å². The van der Waals surface area contributed by atoms with Gasteiger partial charge in [0.2, 0.25) is 11.8 Å². The molecule has 184 valence electrons. The van der Waals surface area contributed by atoms with Crippen LogP contribution in [0.2, 0.25) is 0 Å². The molecule has 4 rings (SSSR count). The van der Waals surface area contributed by atoms with E-state index in [0.717, 1.165) is 61.5 Å². The van der Waals surface area contributed by atoms with Crippen molar-refractivity contribution in [2.75, 3.05) is 31.6 Å². The van der Waals surface area contributed by atoms with Crippen molar-refractivity contribution in [1.29, 1.82) is 0 Å². The Hall–Kier alpha value is -2.29. The van der Waals surface area contributed by atoms with E-state index in [1.54, 1.807) is 0 Å². The molecule has 2 aliphatic heterocycles. The fraction of sp³-hybridized carbons (Fsp3) is 0.538. The van der Waals surface area contributed by atoms with Crippen LogP contribution in [0.4, 0.5) is 5.69 Å². The van der Waals surface area contributed by atoms with Crippen molar-refractivity contribution in [2.45, 2.75) is 62.8 Å². The lowest BCUT2D eigenvalue weighted by Gasteiger charge is -2.22. The van der Waals surface area contributed by atoms with Crippen LogP contribution in [0.25, 0.3) is 10.8 Å². The van der Waals surface area contributed by atoms with Crippen LogP contribution in [0.3, 0.4) is 0 Å². The van der Waals surface area contributed by atoms with E-state index in [4.69, 9.17) is 4.74 Å². The molecule has 2 unspecified atom stereocenters. The largest absolute Gasteiger partial charge is 0.381 e. The summed E-state index contributed by atoms with van der Waals surface area (Å²) in [6.07, 6.45) is 5.50. The fourth-order valence-corrected chi connectivity index (χ4v) is 6.02. The highest BCUT2D eigenvalue weighted by atomic mass is 32.2. The Morgan fingerprint density at radius 2 is 1.79 bits per heavy atom. The van der Waals surface area contributed by atoms with Gasteiger partial charge < -0.3 is 15.0 Å². The number of rotatable bonds is 7. The molecule has 2 N–H and O–H groups in total. The molecule has 0 aromatic heterocycles. The molecule has 34 heavy (non-hydrogen) atoms. The summed E-state index contributed by atoms with van der Waals surface area (Å²) >= 11 is 0. The van der Waals surface area contributed by atoms with E-state index in [1.807, 2.05) is 48.2 Å². The smallest absolute Gasteiger partial charge is 0.227 e. The number of fused-ring (bicyclic) bond motifs is 1. The lowest BCUT2D eigenvalue weighted by Crippen LogP contribution is -2.34. The molecule has 0 radical (unpaired) electrons. The lowest BCUT2D eigenvalue weighted by atomic mass is 9.99. The Bertz CT molecular complexity index is 1040. The number of ether oxygens (including phenoxy) is 1. The van der Waals surface area contributed by atoms with Crippen LogP contribution in [-0.4, -0.2) is 53.3 Å². The summed E-state index contributed by atoms with van der Waals surface area (Å²) in [6, 6.07) is 11.6. The van der Waals surface area contributed by atoms with E-state index in [0.29, 0.717) is 31.1 Å². The third-order valence-electron chi connectivity index (χ3n) is 6.75. The van der Waals surface area contributed by atoms with Gasteiger partial charge in [0.15, 0.2) is 0 Å². The zero-order chi connectivity index (χ0) is 23.9. The van der Waals surface area contributed by atoms with Gasteiger partial charge in [0.05, 0.1) is 4.90 Å². The van der Waals surface area contributed by atoms with Crippen LogP contribution in [0.15, 0.2) is 41.3 Å². The van der Waals surface area contributed by atoms with Crippen LogP contribution in [0.5, 0.6) is 0 Å². The maximum atomic E-state index is 13.4. The molecule has 2 aliphatic rings. The first kappa shape index (κ1) is 24.8. The molecular weight excluding hydrogens is 450 g/mol. The highest BCUT2D eigenvalue weighted by molar-refractivity contribution is 7.83.